The summed E-state index contributed by atoms with van der Waals surface area (Å²) < 4.78 is 0. The highest BCUT2D eigenvalue weighted by molar-refractivity contribution is 6.38. The molecule has 1 aromatic heterocycles. The van der Waals surface area contributed by atoms with E-state index in [9.17, 15) is 0 Å². The van der Waals surface area contributed by atoms with Gasteiger partial charge >= 0.3 is 0 Å². The second-order valence-electron chi connectivity index (χ2n) is 4.38. The maximum absolute atomic E-state index is 6.09. The molecule has 0 saturated heterocycles. The van der Waals surface area contributed by atoms with Crippen LogP contribution in [0.3, 0.4) is 0 Å². The van der Waals surface area contributed by atoms with Crippen LogP contribution >= 0.6 is 23.2 Å². The number of halogens is 2. The van der Waals surface area contributed by atoms with Crippen LogP contribution in [-0.2, 0) is 0 Å². The molecule has 0 aliphatic rings. The number of hydrazone groups is 1. The van der Waals surface area contributed by atoms with Gasteiger partial charge in [0.1, 0.15) is 0 Å². The molecule has 0 unspecified atom stereocenters. The Morgan fingerprint density at radius 3 is 2.52 bits per heavy atom. The standard InChI is InChI=1S/C16H11Cl2N3/c17-13-5-1-6-14(18)12(13)10-20-21-16-8-2-7-15-11(16)4-3-9-19-15/h1-10,21H/b20-10+. The van der Waals surface area contributed by atoms with Gasteiger partial charge in [0.05, 0.1) is 27.5 Å². The molecule has 0 bridgehead atoms. The second kappa shape index (κ2) is 6.12. The van der Waals surface area contributed by atoms with Gasteiger partial charge in [0, 0.05) is 17.1 Å². The summed E-state index contributed by atoms with van der Waals surface area (Å²) in [5.74, 6) is 0. The zero-order chi connectivity index (χ0) is 14.7. The molecule has 3 rings (SSSR count). The molecule has 3 nitrogen and oxygen atoms in total. The van der Waals surface area contributed by atoms with Crippen molar-refractivity contribution in [3.05, 3.63) is 70.3 Å². The zero-order valence-electron chi connectivity index (χ0n) is 10.9. The lowest BCUT2D eigenvalue weighted by Crippen LogP contribution is -1.93. The first-order valence-electron chi connectivity index (χ1n) is 6.32. The molecule has 0 radical (unpaired) electrons. The van der Waals surface area contributed by atoms with Crippen molar-refractivity contribution in [3.8, 4) is 0 Å². The van der Waals surface area contributed by atoms with Crippen LogP contribution in [0.4, 0.5) is 5.69 Å². The van der Waals surface area contributed by atoms with E-state index in [1.807, 2.05) is 30.3 Å². The van der Waals surface area contributed by atoms with Gasteiger partial charge in [-0.1, -0.05) is 35.3 Å². The first-order chi connectivity index (χ1) is 10.3. The van der Waals surface area contributed by atoms with Crippen LogP contribution in [0.5, 0.6) is 0 Å². The van der Waals surface area contributed by atoms with Crippen LogP contribution in [-0.4, -0.2) is 11.2 Å². The topological polar surface area (TPSA) is 37.3 Å². The van der Waals surface area contributed by atoms with E-state index < -0.39 is 0 Å². The first kappa shape index (κ1) is 13.9. The van der Waals surface area contributed by atoms with Gasteiger partial charge in [0.15, 0.2) is 0 Å². The molecule has 1 heterocycles. The average molecular weight is 316 g/mol. The lowest BCUT2D eigenvalue weighted by Gasteiger charge is -2.05. The molecule has 21 heavy (non-hydrogen) atoms. The molecule has 0 aliphatic heterocycles. The van der Waals surface area contributed by atoms with Gasteiger partial charge in [0.2, 0.25) is 0 Å². The number of nitrogens with zero attached hydrogens (tertiary/aromatic N) is 2. The van der Waals surface area contributed by atoms with E-state index in [2.05, 4.69) is 15.5 Å². The molecule has 2 aromatic carbocycles. The normalized spacial score (nSPS) is 11.1. The highest BCUT2D eigenvalue weighted by atomic mass is 35.5. The van der Waals surface area contributed by atoms with E-state index >= 15 is 0 Å². The fourth-order valence-corrected chi connectivity index (χ4v) is 2.50. The predicted molar refractivity (Wildman–Crippen MR) is 89.4 cm³/mol. The maximum Gasteiger partial charge on any atom is 0.0723 e. The minimum atomic E-state index is 0.563. The molecule has 0 saturated carbocycles. The van der Waals surface area contributed by atoms with Gasteiger partial charge in [-0.05, 0) is 36.4 Å². The molecule has 104 valence electrons. The number of rotatable bonds is 3. The van der Waals surface area contributed by atoms with Crippen LogP contribution in [0.2, 0.25) is 10.0 Å². The van der Waals surface area contributed by atoms with Crippen molar-refractivity contribution in [2.75, 3.05) is 5.43 Å². The van der Waals surface area contributed by atoms with Gasteiger partial charge in [0.25, 0.3) is 0 Å². The Hall–Kier alpha value is -2.10. The van der Waals surface area contributed by atoms with Crippen LogP contribution < -0.4 is 5.43 Å². The van der Waals surface area contributed by atoms with Crippen molar-refractivity contribution in [3.63, 3.8) is 0 Å². The van der Waals surface area contributed by atoms with E-state index in [0.29, 0.717) is 15.6 Å². The lowest BCUT2D eigenvalue weighted by molar-refractivity contribution is 1.35. The van der Waals surface area contributed by atoms with Gasteiger partial charge in [-0.15, -0.1) is 0 Å². The monoisotopic (exact) mass is 315 g/mol. The Kier molecular flexibility index (Phi) is 4.04. The third-order valence-electron chi connectivity index (χ3n) is 3.02. The second-order valence-corrected chi connectivity index (χ2v) is 5.20. The molecule has 0 fully saturated rings. The molecule has 5 heteroatoms. The molecule has 3 aromatic rings. The SMILES string of the molecule is Clc1cccc(Cl)c1/C=N/Nc1cccc2ncccc12. The highest BCUT2D eigenvalue weighted by Gasteiger charge is 2.02. The smallest absolute Gasteiger partial charge is 0.0723 e. The van der Waals surface area contributed by atoms with Crippen molar-refractivity contribution in [1.29, 1.82) is 0 Å². The van der Waals surface area contributed by atoms with E-state index in [4.69, 9.17) is 23.2 Å². The molecular weight excluding hydrogens is 305 g/mol. The minimum Gasteiger partial charge on any atom is -0.278 e. The first-order valence-corrected chi connectivity index (χ1v) is 7.08. The van der Waals surface area contributed by atoms with E-state index in [1.54, 1.807) is 30.6 Å². The Balaban J connectivity index is 1.88. The number of benzene rings is 2. The van der Waals surface area contributed by atoms with Gasteiger partial charge < -0.3 is 0 Å². The molecule has 1 N–H and O–H groups in total. The fraction of sp³-hybridized carbons (Fsp3) is 0. The lowest BCUT2D eigenvalue weighted by atomic mass is 10.2. The van der Waals surface area contributed by atoms with Gasteiger partial charge in [-0.2, -0.15) is 5.10 Å². The van der Waals surface area contributed by atoms with E-state index in [0.717, 1.165) is 16.6 Å². The van der Waals surface area contributed by atoms with Crippen LogP contribution in [0.1, 0.15) is 5.56 Å². The Morgan fingerprint density at radius 2 is 1.71 bits per heavy atom. The number of hydrogen-bond donors (Lipinski definition) is 1. The summed E-state index contributed by atoms with van der Waals surface area (Å²) in [4.78, 5) is 4.30. The Morgan fingerprint density at radius 1 is 0.952 bits per heavy atom. The zero-order valence-corrected chi connectivity index (χ0v) is 12.4. The third-order valence-corrected chi connectivity index (χ3v) is 3.68. The van der Waals surface area contributed by atoms with Crippen molar-refractivity contribution in [2.45, 2.75) is 0 Å². The molecule has 0 amide bonds. The van der Waals surface area contributed by atoms with Crippen LogP contribution in [0.25, 0.3) is 10.9 Å². The molecular formula is C16H11Cl2N3. The number of anilines is 1. The number of fused-ring (bicyclic) bond motifs is 1. The molecule has 0 spiro atoms. The van der Waals surface area contributed by atoms with Gasteiger partial charge in [-0.25, -0.2) is 0 Å². The largest absolute Gasteiger partial charge is 0.278 e. The summed E-state index contributed by atoms with van der Waals surface area (Å²) in [6.07, 6.45) is 3.37. The summed E-state index contributed by atoms with van der Waals surface area (Å²) in [6, 6.07) is 15.0. The quantitative estimate of drug-likeness (QED) is 0.546. The number of pyridine rings is 1. The van der Waals surface area contributed by atoms with Crippen LogP contribution in [0, 0.1) is 0 Å². The van der Waals surface area contributed by atoms with Crippen LogP contribution in [0.15, 0.2) is 59.8 Å². The highest BCUT2D eigenvalue weighted by Crippen LogP contribution is 2.23. The van der Waals surface area contributed by atoms with E-state index in [-0.39, 0.29) is 0 Å². The van der Waals surface area contributed by atoms with Crippen molar-refractivity contribution < 1.29 is 0 Å². The Bertz CT molecular complexity index is 790. The number of nitrogens with one attached hydrogen (secondary N) is 1. The van der Waals surface area contributed by atoms with Gasteiger partial charge in [-0.3, -0.25) is 10.4 Å². The summed E-state index contributed by atoms with van der Waals surface area (Å²) in [5, 5.41) is 6.34. The summed E-state index contributed by atoms with van der Waals surface area (Å²) in [6.45, 7) is 0. The van der Waals surface area contributed by atoms with Crippen molar-refractivity contribution in [1.82, 2.24) is 4.98 Å². The third kappa shape index (κ3) is 2.99. The number of hydrogen-bond acceptors (Lipinski definition) is 3. The maximum atomic E-state index is 6.09. The molecule has 0 atom stereocenters. The summed E-state index contributed by atoms with van der Waals surface area (Å²) >= 11 is 12.2. The number of aromatic nitrogens is 1. The predicted octanol–water partition coefficient (Wildman–Crippen LogP) is 4.99. The molecule has 0 aliphatic carbocycles. The van der Waals surface area contributed by atoms with Crippen molar-refractivity contribution >= 4 is 46.0 Å². The fourth-order valence-electron chi connectivity index (χ4n) is 2.00. The minimum absolute atomic E-state index is 0.563. The summed E-state index contributed by atoms with van der Waals surface area (Å²) in [7, 11) is 0. The van der Waals surface area contributed by atoms with E-state index in [1.165, 1.54) is 0 Å². The average Bonchev–Trinajstić information content (AvgIpc) is 2.50. The van der Waals surface area contributed by atoms with Crippen molar-refractivity contribution in [2.24, 2.45) is 5.10 Å². The Labute approximate surface area is 132 Å². The summed E-state index contributed by atoms with van der Waals surface area (Å²) in [5.41, 5.74) is 5.48.